The minimum absolute atomic E-state index is 0.110. The summed E-state index contributed by atoms with van der Waals surface area (Å²) in [5.74, 6) is 1.42. The molecule has 2 fully saturated rings. The predicted molar refractivity (Wildman–Crippen MR) is 106 cm³/mol. The number of aromatic nitrogens is 4. The van der Waals surface area contributed by atoms with E-state index in [9.17, 15) is 9.59 Å². The molecule has 0 unspecified atom stereocenters. The molecule has 8 heteroatoms. The van der Waals surface area contributed by atoms with Crippen LogP contribution in [0.2, 0.25) is 0 Å². The number of hydrogen-bond acceptors (Lipinski definition) is 4. The quantitative estimate of drug-likeness (QED) is 0.857. The lowest BCUT2D eigenvalue weighted by Gasteiger charge is -2.50. The van der Waals surface area contributed by atoms with Gasteiger partial charge in [0.1, 0.15) is 11.9 Å². The van der Waals surface area contributed by atoms with Gasteiger partial charge in [-0.2, -0.15) is 0 Å². The first-order valence-electron chi connectivity index (χ1n) is 10.6. The summed E-state index contributed by atoms with van der Waals surface area (Å²) in [6.45, 7) is 5.85. The molecular weight excluding hydrogens is 368 g/mol. The number of rotatable bonds is 3. The summed E-state index contributed by atoms with van der Waals surface area (Å²) >= 11 is 0. The molecule has 4 heterocycles. The fraction of sp³-hybridized carbons (Fsp3) is 0.619. The van der Waals surface area contributed by atoms with Gasteiger partial charge >= 0.3 is 0 Å². The summed E-state index contributed by atoms with van der Waals surface area (Å²) in [6, 6.07) is -0.275. The summed E-state index contributed by atoms with van der Waals surface area (Å²) in [6.07, 6.45) is 9.66. The van der Waals surface area contributed by atoms with Gasteiger partial charge in [0.25, 0.3) is 0 Å². The van der Waals surface area contributed by atoms with E-state index in [0.717, 1.165) is 55.9 Å². The Hall–Kier alpha value is -2.64. The van der Waals surface area contributed by atoms with Crippen LogP contribution in [0.1, 0.15) is 55.9 Å². The highest BCUT2D eigenvalue weighted by molar-refractivity contribution is 5.83. The lowest BCUT2D eigenvalue weighted by molar-refractivity contribution is -0.146. The van der Waals surface area contributed by atoms with Crippen molar-refractivity contribution in [1.29, 1.82) is 0 Å². The van der Waals surface area contributed by atoms with E-state index in [1.807, 2.05) is 29.5 Å². The maximum atomic E-state index is 13.1. The molecule has 2 aromatic rings. The van der Waals surface area contributed by atoms with Crippen molar-refractivity contribution < 1.29 is 9.59 Å². The molecule has 1 aliphatic carbocycles. The number of H-pyrrole nitrogens is 1. The topological polar surface area (TPSA) is 87.1 Å². The van der Waals surface area contributed by atoms with E-state index in [4.69, 9.17) is 0 Å². The normalized spacial score (nSPS) is 21.9. The maximum absolute atomic E-state index is 13.1. The molecule has 1 saturated heterocycles. The van der Waals surface area contributed by atoms with E-state index in [2.05, 4.69) is 19.9 Å². The van der Waals surface area contributed by atoms with Crippen LogP contribution in [0.5, 0.6) is 0 Å². The Bertz CT molecular complexity index is 935. The number of likely N-dealkylation sites (tertiary alicyclic amines) is 1. The molecular formula is C21H28N6O2. The molecule has 29 heavy (non-hydrogen) atoms. The molecule has 1 atom stereocenters. The smallest absolute Gasteiger partial charge is 0.245 e. The van der Waals surface area contributed by atoms with Gasteiger partial charge in [0.15, 0.2) is 0 Å². The second-order valence-electron chi connectivity index (χ2n) is 8.66. The number of carbonyl (C=O) groups excluding carboxylic acids is 2. The van der Waals surface area contributed by atoms with E-state index in [1.54, 1.807) is 12.5 Å². The Kier molecular flexibility index (Phi) is 4.26. The molecule has 0 bridgehead atoms. The Morgan fingerprint density at radius 3 is 2.62 bits per heavy atom. The monoisotopic (exact) mass is 396 g/mol. The summed E-state index contributed by atoms with van der Waals surface area (Å²) in [5.41, 5.74) is 1.79. The van der Waals surface area contributed by atoms with Crippen LogP contribution in [0.4, 0.5) is 0 Å². The molecule has 1 N–H and O–H groups in total. The van der Waals surface area contributed by atoms with Crippen LogP contribution in [0, 0.1) is 12.8 Å². The van der Waals surface area contributed by atoms with Gasteiger partial charge < -0.3 is 19.4 Å². The van der Waals surface area contributed by atoms with E-state index < -0.39 is 0 Å². The molecule has 2 aliphatic heterocycles. The lowest BCUT2D eigenvalue weighted by atomic mass is 9.78. The number of fused-ring (bicyclic) bond motifs is 2. The second kappa shape index (κ2) is 6.71. The van der Waals surface area contributed by atoms with Gasteiger partial charge in [-0.25, -0.2) is 9.97 Å². The van der Waals surface area contributed by atoms with Crippen molar-refractivity contribution in [3.05, 3.63) is 35.9 Å². The van der Waals surface area contributed by atoms with Crippen LogP contribution in [0.25, 0.3) is 0 Å². The van der Waals surface area contributed by atoms with Crippen molar-refractivity contribution in [3.8, 4) is 0 Å². The van der Waals surface area contributed by atoms with Crippen LogP contribution in [0.3, 0.4) is 0 Å². The van der Waals surface area contributed by atoms with Gasteiger partial charge in [-0.15, -0.1) is 0 Å². The lowest BCUT2D eigenvalue weighted by Crippen LogP contribution is -2.59. The van der Waals surface area contributed by atoms with Gasteiger partial charge in [0.05, 0.1) is 17.6 Å². The van der Waals surface area contributed by atoms with Gasteiger partial charge in [-0.3, -0.25) is 9.59 Å². The van der Waals surface area contributed by atoms with Gasteiger partial charge in [-0.05, 0) is 39.5 Å². The number of piperidine rings is 1. The second-order valence-corrected chi connectivity index (χ2v) is 8.66. The van der Waals surface area contributed by atoms with Crippen molar-refractivity contribution in [2.75, 3.05) is 19.6 Å². The zero-order valence-corrected chi connectivity index (χ0v) is 17.1. The van der Waals surface area contributed by atoms with Crippen molar-refractivity contribution in [3.63, 3.8) is 0 Å². The average Bonchev–Trinajstić information content (AvgIpc) is 3.31. The predicted octanol–water partition coefficient (Wildman–Crippen LogP) is 1.79. The van der Waals surface area contributed by atoms with E-state index in [1.165, 1.54) is 0 Å². The van der Waals surface area contributed by atoms with Crippen LogP contribution in [-0.2, 0) is 21.5 Å². The van der Waals surface area contributed by atoms with Gasteiger partial charge in [0.2, 0.25) is 11.8 Å². The third-order valence-electron chi connectivity index (χ3n) is 6.99. The zero-order valence-electron chi connectivity index (χ0n) is 17.1. The number of amides is 2. The summed E-state index contributed by atoms with van der Waals surface area (Å²) in [5, 5.41) is 0. The largest absolute Gasteiger partial charge is 0.348 e. The first-order valence-corrected chi connectivity index (χ1v) is 10.6. The maximum Gasteiger partial charge on any atom is 0.245 e. The van der Waals surface area contributed by atoms with E-state index in [0.29, 0.717) is 13.1 Å². The summed E-state index contributed by atoms with van der Waals surface area (Å²) < 4.78 is 1.92. The molecule has 5 rings (SSSR count). The van der Waals surface area contributed by atoms with Crippen LogP contribution >= 0.6 is 0 Å². The third-order valence-corrected chi connectivity index (χ3v) is 6.99. The number of aryl methyl sites for hydroxylation is 1. The SMILES string of the molecule is Cc1nccn1[C@@H](C)C(=O)N1CCC2(CC1)c1nc[nH]c1CCN2C(=O)C1CC1. The molecule has 3 aliphatic rings. The molecule has 1 saturated carbocycles. The number of hydrogen-bond donors (Lipinski definition) is 1. The molecule has 8 nitrogen and oxygen atoms in total. The molecule has 0 aromatic carbocycles. The zero-order chi connectivity index (χ0) is 20.2. The highest BCUT2D eigenvalue weighted by Gasteiger charge is 2.51. The minimum Gasteiger partial charge on any atom is -0.348 e. The fourth-order valence-electron chi connectivity index (χ4n) is 5.13. The number of nitrogens with one attached hydrogen (secondary N) is 1. The summed E-state index contributed by atoms with van der Waals surface area (Å²) in [7, 11) is 0. The van der Waals surface area contributed by atoms with E-state index >= 15 is 0 Å². The van der Waals surface area contributed by atoms with Crippen molar-refractivity contribution in [2.24, 2.45) is 5.92 Å². The van der Waals surface area contributed by atoms with Crippen molar-refractivity contribution in [2.45, 2.75) is 57.5 Å². The number of aromatic amines is 1. The van der Waals surface area contributed by atoms with Crippen molar-refractivity contribution >= 4 is 11.8 Å². The van der Waals surface area contributed by atoms with Crippen LogP contribution in [0.15, 0.2) is 18.7 Å². The highest BCUT2D eigenvalue weighted by Crippen LogP contribution is 2.45. The van der Waals surface area contributed by atoms with Gasteiger partial charge in [0, 0.05) is 50.1 Å². The first-order chi connectivity index (χ1) is 14.0. The number of carbonyl (C=O) groups is 2. The average molecular weight is 396 g/mol. The van der Waals surface area contributed by atoms with Gasteiger partial charge in [-0.1, -0.05) is 0 Å². The first kappa shape index (κ1) is 18.4. The molecule has 1 spiro atoms. The molecule has 0 radical (unpaired) electrons. The molecule has 154 valence electrons. The highest BCUT2D eigenvalue weighted by atomic mass is 16.2. The Morgan fingerprint density at radius 1 is 1.21 bits per heavy atom. The number of imidazole rings is 2. The summed E-state index contributed by atoms with van der Waals surface area (Å²) in [4.78, 5) is 42.4. The Balaban J connectivity index is 1.38. The molecule has 2 aromatic heterocycles. The fourth-order valence-corrected chi connectivity index (χ4v) is 5.13. The standard InChI is InChI=1S/C21H28N6O2/c1-14(26-12-8-22-15(26)2)19(28)25-10-6-21(7-11-25)18-17(23-13-24-18)5-9-27(21)20(29)16-3-4-16/h8,12-14,16H,3-7,9-11H2,1-2H3,(H,23,24)/t14-/m0/s1. The minimum atomic E-state index is -0.377. The third kappa shape index (κ3) is 2.88. The van der Waals surface area contributed by atoms with Crippen molar-refractivity contribution in [1.82, 2.24) is 29.3 Å². The van der Waals surface area contributed by atoms with Crippen LogP contribution < -0.4 is 0 Å². The Labute approximate surface area is 170 Å². The van der Waals surface area contributed by atoms with Crippen LogP contribution in [-0.4, -0.2) is 60.8 Å². The number of nitrogens with zero attached hydrogens (tertiary/aromatic N) is 5. The molecule has 2 amide bonds. The van der Waals surface area contributed by atoms with E-state index in [-0.39, 0.29) is 29.3 Å². The Morgan fingerprint density at radius 2 is 1.97 bits per heavy atom.